The number of nitrogens with two attached hydrogens (primary N) is 1. The second kappa shape index (κ2) is 5.78. The predicted octanol–water partition coefficient (Wildman–Crippen LogP) is 2.01. The van der Waals surface area contributed by atoms with Gasteiger partial charge in [0.05, 0.1) is 4.90 Å². The van der Waals surface area contributed by atoms with E-state index >= 15 is 0 Å². The molecule has 2 N–H and O–H groups in total. The van der Waals surface area contributed by atoms with Gasteiger partial charge in [0.15, 0.2) is 0 Å². The Kier molecular flexibility index (Phi) is 4.08. The van der Waals surface area contributed by atoms with E-state index in [4.69, 9.17) is 16.3 Å². The van der Waals surface area contributed by atoms with Crippen LogP contribution in [0.1, 0.15) is 0 Å². The molecule has 2 aromatic rings. The standard InChI is InChI=1S/C15H13NO3S/c1-2-10-19-15-11-13(20(16,17)18)8-9-14(15)12-6-4-3-5-7-12/h1,3-9,11H,10H2,(H2,16,17,18). The minimum Gasteiger partial charge on any atom is -0.480 e. The Morgan fingerprint density at radius 1 is 1.15 bits per heavy atom. The maximum absolute atomic E-state index is 11.4. The summed E-state index contributed by atoms with van der Waals surface area (Å²) >= 11 is 0. The van der Waals surface area contributed by atoms with Gasteiger partial charge in [0, 0.05) is 11.6 Å². The van der Waals surface area contributed by atoms with Gasteiger partial charge in [-0.3, -0.25) is 0 Å². The van der Waals surface area contributed by atoms with Gasteiger partial charge in [-0.25, -0.2) is 13.6 Å². The zero-order valence-electron chi connectivity index (χ0n) is 10.6. The molecule has 4 nitrogen and oxygen atoms in total. The molecule has 20 heavy (non-hydrogen) atoms. The molecule has 0 saturated heterocycles. The summed E-state index contributed by atoms with van der Waals surface area (Å²) in [5, 5.41) is 5.12. The smallest absolute Gasteiger partial charge is 0.238 e. The van der Waals surface area contributed by atoms with Crippen molar-refractivity contribution in [3.8, 4) is 29.2 Å². The molecule has 2 rings (SSSR count). The van der Waals surface area contributed by atoms with Gasteiger partial charge in [-0.1, -0.05) is 36.3 Å². The third-order valence-corrected chi connectivity index (χ3v) is 3.59. The lowest BCUT2D eigenvalue weighted by atomic mass is 10.0. The summed E-state index contributed by atoms with van der Waals surface area (Å²) < 4.78 is 28.2. The molecule has 0 unspecified atom stereocenters. The van der Waals surface area contributed by atoms with Crippen molar-refractivity contribution < 1.29 is 13.2 Å². The largest absolute Gasteiger partial charge is 0.480 e. The molecular weight excluding hydrogens is 274 g/mol. The second-order valence-corrected chi connectivity index (χ2v) is 5.62. The molecule has 0 heterocycles. The number of rotatable bonds is 4. The minimum atomic E-state index is -3.78. The normalized spacial score (nSPS) is 10.8. The first kappa shape index (κ1) is 14.1. The van der Waals surface area contributed by atoms with E-state index in [1.807, 2.05) is 30.3 Å². The Hall–Kier alpha value is -2.29. The monoisotopic (exact) mass is 287 g/mol. The highest BCUT2D eigenvalue weighted by Gasteiger charge is 2.13. The maximum atomic E-state index is 11.4. The van der Waals surface area contributed by atoms with E-state index in [1.165, 1.54) is 12.1 Å². The molecule has 0 aliphatic heterocycles. The van der Waals surface area contributed by atoms with Gasteiger partial charge in [0.2, 0.25) is 10.0 Å². The van der Waals surface area contributed by atoms with Crippen LogP contribution in [0.2, 0.25) is 0 Å². The maximum Gasteiger partial charge on any atom is 0.238 e. The highest BCUT2D eigenvalue weighted by atomic mass is 32.2. The summed E-state index contributed by atoms with van der Waals surface area (Å²) in [6, 6.07) is 13.9. The van der Waals surface area contributed by atoms with E-state index in [-0.39, 0.29) is 11.5 Å². The topological polar surface area (TPSA) is 69.4 Å². The van der Waals surface area contributed by atoms with Crippen molar-refractivity contribution in [2.45, 2.75) is 4.90 Å². The van der Waals surface area contributed by atoms with E-state index in [9.17, 15) is 8.42 Å². The molecule has 0 saturated carbocycles. The first-order valence-electron chi connectivity index (χ1n) is 5.81. The van der Waals surface area contributed by atoms with Gasteiger partial charge in [-0.05, 0) is 17.7 Å². The van der Waals surface area contributed by atoms with Crippen LogP contribution >= 0.6 is 0 Å². The molecule has 0 amide bonds. The zero-order valence-corrected chi connectivity index (χ0v) is 11.4. The lowest BCUT2D eigenvalue weighted by molar-refractivity contribution is 0.371. The quantitative estimate of drug-likeness (QED) is 0.875. The molecule has 0 aliphatic rings. The van der Waals surface area contributed by atoms with Crippen LogP contribution in [-0.2, 0) is 10.0 Å². The lowest BCUT2D eigenvalue weighted by Crippen LogP contribution is -2.12. The van der Waals surface area contributed by atoms with Crippen molar-refractivity contribution in [1.29, 1.82) is 0 Å². The van der Waals surface area contributed by atoms with Crippen molar-refractivity contribution in [2.75, 3.05) is 6.61 Å². The van der Waals surface area contributed by atoms with Crippen molar-refractivity contribution in [1.82, 2.24) is 0 Å². The third-order valence-electron chi connectivity index (χ3n) is 2.68. The first-order valence-corrected chi connectivity index (χ1v) is 7.35. The Balaban J connectivity index is 2.55. The number of primary sulfonamides is 1. The van der Waals surface area contributed by atoms with Gasteiger partial charge >= 0.3 is 0 Å². The molecule has 5 heteroatoms. The van der Waals surface area contributed by atoms with E-state index in [0.29, 0.717) is 5.75 Å². The minimum absolute atomic E-state index is 0.01000. The average Bonchev–Trinajstić information content (AvgIpc) is 2.45. The van der Waals surface area contributed by atoms with Crippen LogP contribution in [0.15, 0.2) is 53.4 Å². The van der Waals surface area contributed by atoms with Crippen LogP contribution < -0.4 is 9.88 Å². The first-order chi connectivity index (χ1) is 9.52. The fourth-order valence-corrected chi connectivity index (χ4v) is 2.30. The molecule has 102 valence electrons. The summed E-state index contributed by atoms with van der Waals surface area (Å²) in [4.78, 5) is -0.01000. The summed E-state index contributed by atoms with van der Waals surface area (Å²) in [6.45, 7) is 0.0495. The number of benzene rings is 2. The number of sulfonamides is 1. The third kappa shape index (κ3) is 3.18. The van der Waals surface area contributed by atoms with E-state index < -0.39 is 10.0 Å². The molecule has 0 bridgehead atoms. The lowest BCUT2D eigenvalue weighted by Gasteiger charge is -2.11. The van der Waals surface area contributed by atoms with E-state index in [2.05, 4.69) is 5.92 Å². The summed E-state index contributed by atoms with van der Waals surface area (Å²) in [7, 11) is -3.78. The molecule has 0 radical (unpaired) electrons. The van der Waals surface area contributed by atoms with Gasteiger partial charge in [0.25, 0.3) is 0 Å². The summed E-state index contributed by atoms with van der Waals surface area (Å²) in [5.41, 5.74) is 1.66. The molecule has 0 aliphatic carbocycles. The van der Waals surface area contributed by atoms with Gasteiger partial charge < -0.3 is 4.74 Å². The predicted molar refractivity (Wildman–Crippen MR) is 77.6 cm³/mol. The van der Waals surface area contributed by atoms with E-state index in [1.54, 1.807) is 6.07 Å². The second-order valence-electron chi connectivity index (χ2n) is 4.06. The van der Waals surface area contributed by atoms with E-state index in [0.717, 1.165) is 11.1 Å². The molecule has 0 fully saturated rings. The molecule has 0 spiro atoms. The zero-order chi connectivity index (χ0) is 14.6. The van der Waals surface area contributed by atoms with Gasteiger partial charge in [-0.2, -0.15) is 0 Å². The molecular formula is C15H13NO3S. The van der Waals surface area contributed by atoms with Crippen LogP contribution in [-0.4, -0.2) is 15.0 Å². The Bertz CT molecular complexity index is 746. The van der Waals surface area contributed by atoms with Crippen molar-refractivity contribution >= 4 is 10.0 Å². The number of ether oxygens (including phenoxy) is 1. The van der Waals surface area contributed by atoms with Crippen LogP contribution in [0.25, 0.3) is 11.1 Å². The number of terminal acetylenes is 1. The Morgan fingerprint density at radius 3 is 2.45 bits per heavy atom. The van der Waals surface area contributed by atoms with Crippen LogP contribution in [0.5, 0.6) is 5.75 Å². The number of hydrogen-bond acceptors (Lipinski definition) is 3. The highest BCUT2D eigenvalue weighted by molar-refractivity contribution is 7.89. The van der Waals surface area contributed by atoms with Gasteiger partial charge in [0.1, 0.15) is 12.4 Å². The van der Waals surface area contributed by atoms with Crippen LogP contribution in [0, 0.1) is 12.3 Å². The highest BCUT2D eigenvalue weighted by Crippen LogP contribution is 2.31. The van der Waals surface area contributed by atoms with Crippen molar-refractivity contribution in [3.63, 3.8) is 0 Å². The molecule has 0 aromatic heterocycles. The summed E-state index contributed by atoms with van der Waals surface area (Å²) in [6.07, 6.45) is 5.17. The fraction of sp³-hybridized carbons (Fsp3) is 0.0667. The number of hydrogen-bond donors (Lipinski definition) is 1. The van der Waals surface area contributed by atoms with Crippen molar-refractivity contribution in [2.24, 2.45) is 5.14 Å². The van der Waals surface area contributed by atoms with Crippen LogP contribution in [0.3, 0.4) is 0 Å². The van der Waals surface area contributed by atoms with Crippen LogP contribution in [0.4, 0.5) is 0 Å². The Morgan fingerprint density at radius 2 is 1.85 bits per heavy atom. The van der Waals surface area contributed by atoms with Crippen molar-refractivity contribution in [3.05, 3.63) is 48.5 Å². The van der Waals surface area contributed by atoms with Gasteiger partial charge in [-0.15, -0.1) is 6.42 Å². The average molecular weight is 287 g/mol. The Labute approximate surface area is 118 Å². The summed E-state index contributed by atoms with van der Waals surface area (Å²) in [5.74, 6) is 2.74. The SMILES string of the molecule is C#CCOc1cc(S(N)(=O)=O)ccc1-c1ccccc1. The molecule has 2 aromatic carbocycles. The fourth-order valence-electron chi connectivity index (χ4n) is 1.77. The molecule has 0 atom stereocenters.